The van der Waals surface area contributed by atoms with Crippen LogP contribution in [0.5, 0.6) is 0 Å². The number of hydrogen-bond acceptors (Lipinski definition) is 4. The summed E-state index contributed by atoms with van der Waals surface area (Å²) in [5.74, 6) is 0.793. The first-order valence-corrected chi connectivity index (χ1v) is 8.49. The third-order valence-electron chi connectivity index (χ3n) is 3.93. The van der Waals surface area contributed by atoms with E-state index in [0.717, 1.165) is 23.3 Å². The minimum absolute atomic E-state index is 0.168. The van der Waals surface area contributed by atoms with E-state index in [0.29, 0.717) is 11.6 Å². The SMILES string of the molecule is CC(C)(C)OC(=O)N1C[C@H]2C[C@@H]1CN2c1ncc(Br)cc1Cl. The zero-order valence-corrected chi connectivity index (χ0v) is 15.2. The van der Waals surface area contributed by atoms with Crippen LogP contribution in [-0.2, 0) is 4.74 Å². The molecule has 7 heteroatoms. The van der Waals surface area contributed by atoms with Gasteiger partial charge >= 0.3 is 6.09 Å². The second kappa shape index (κ2) is 5.57. The molecule has 5 nitrogen and oxygen atoms in total. The van der Waals surface area contributed by atoms with Gasteiger partial charge < -0.3 is 14.5 Å². The van der Waals surface area contributed by atoms with Crippen molar-refractivity contribution in [2.45, 2.75) is 44.9 Å². The topological polar surface area (TPSA) is 45.7 Å². The Balaban J connectivity index is 1.71. The predicted molar refractivity (Wildman–Crippen MR) is 89.4 cm³/mol. The summed E-state index contributed by atoms with van der Waals surface area (Å²) in [7, 11) is 0. The van der Waals surface area contributed by atoms with Crippen LogP contribution in [0.2, 0.25) is 5.02 Å². The summed E-state index contributed by atoms with van der Waals surface area (Å²) < 4.78 is 6.34. The van der Waals surface area contributed by atoms with Crippen molar-refractivity contribution >= 4 is 39.4 Å². The summed E-state index contributed by atoms with van der Waals surface area (Å²) in [6, 6.07) is 2.27. The fourth-order valence-electron chi connectivity index (χ4n) is 3.09. The van der Waals surface area contributed by atoms with E-state index in [1.54, 1.807) is 6.20 Å². The van der Waals surface area contributed by atoms with Crippen LogP contribution in [0.4, 0.5) is 10.6 Å². The Bertz CT molecular complexity index is 605. The fourth-order valence-corrected chi connectivity index (χ4v) is 3.83. The number of amides is 1. The average molecular weight is 389 g/mol. The molecule has 2 atom stereocenters. The van der Waals surface area contributed by atoms with Crippen LogP contribution in [0.15, 0.2) is 16.7 Å². The Kier molecular flexibility index (Phi) is 4.01. The number of anilines is 1. The summed E-state index contributed by atoms with van der Waals surface area (Å²) in [4.78, 5) is 20.7. The molecule has 0 radical (unpaired) electrons. The number of rotatable bonds is 1. The van der Waals surface area contributed by atoms with Gasteiger partial charge in [0.25, 0.3) is 0 Å². The number of hydrogen-bond donors (Lipinski definition) is 0. The van der Waals surface area contributed by atoms with Crippen LogP contribution in [0.3, 0.4) is 0 Å². The molecule has 0 unspecified atom stereocenters. The third kappa shape index (κ3) is 3.04. The quantitative estimate of drug-likeness (QED) is 0.736. The zero-order valence-electron chi connectivity index (χ0n) is 12.8. The fraction of sp³-hybridized carbons (Fsp3) is 0.600. The van der Waals surface area contributed by atoms with Gasteiger partial charge in [0, 0.05) is 23.8 Å². The second-order valence-corrected chi connectivity index (χ2v) is 8.11. The van der Waals surface area contributed by atoms with Gasteiger partial charge in [0.2, 0.25) is 0 Å². The van der Waals surface area contributed by atoms with Crippen molar-refractivity contribution in [2.24, 2.45) is 0 Å². The number of nitrogens with zero attached hydrogens (tertiary/aromatic N) is 3. The van der Waals surface area contributed by atoms with E-state index in [4.69, 9.17) is 16.3 Å². The first kappa shape index (κ1) is 15.9. The van der Waals surface area contributed by atoms with Gasteiger partial charge in [0.1, 0.15) is 11.4 Å². The maximum absolute atomic E-state index is 12.2. The average Bonchev–Trinajstić information content (AvgIpc) is 2.96. The summed E-state index contributed by atoms with van der Waals surface area (Å²) in [6.45, 7) is 7.07. The molecule has 0 saturated carbocycles. The van der Waals surface area contributed by atoms with Gasteiger partial charge in [-0.05, 0) is 49.2 Å². The molecule has 1 aromatic rings. The summed E-state index contributed by atoms with van der Waals surface area (Å²) in [5, 5.41) is 0.630. The van der Waals surface area contributed by atoms with Crippen LogP contribution in [0.25, 0.3) is 0 Å². The van der Waals surface area contributed by atoms with Crippen molar-refractivity contribution in [2.75, 3.05) is 18.0 Å². The predicted octanol–water partition coefficient (Wildman–Crippen LogP) is 3.70. The number of ether oxygens (including phenoxy) is 1. The van der Waals surface area contributed by atoms with E-state index < -0.39 is 5.60 Å². The number of piperazine rings is 1. The Hall–Kier alpha value is -1.01. The number of halogens is 2. The molecule has 0 aliphatic carbocycles. The number of carbonyl (C=O) groups is 1. The first-order chi connectivity index (χ1) is 10.2. The molecule has 2 saturated heterocycles. The third-order valence-corrected chi connectivity index (χ3v) is 4.64. The highest BCUT2D eigenvalue weighted by Gasteiger charge is 2.47. The minimum Gasteiger partial charge on any atom is -0.444 e. The van der Waals surface area contributed by atoms with Crippen molar-refractivity contribution in [3.8, 4) is 0 Å². The van der Waals surface area contributed by atoms with E-state index in [2.05, 4.69) is 25.8 Å². The monoisotopic (exact) mass is 387 g/mol. The Labute approximate surface area is 143 Å². The van der Waals surface area contributed by atoms with Gasteiger partial charge in [-0.1, -0.05) is 11.6 Å². The van der Waals surface area contributed by atoms with Crippen molar-refractivity contribution in [3.05, 3.63) is 21.8 Å². The summed E-state index contributed by atoms with van der Waals surface area (Å²) in [5.41, 5.74) is -0.463. The smallest absolute Gasteiger partial charge is 0.410 e. The lowest BCUT2D eigenvalue weighted by molar-refractivity contribution is 0.0214. The van der Waals surface area contributed by atoms with E-state index in [9.17, 15) is 4.79 Å². The van der Waals surface area contributed by atoms with Gasteiger partial charge in [-0.25, -0.2) is 9.78 Å². The highest BCUT2D eigenvalue weighted by atomic mass is 79.9. The highest BCUT2D eigenvalue weighted by molar-refractivity contribution is 9.10. The number of aromatic nitrogens is 1. The number of pyridine rings is 1. The lowest BCUT2D eigenvalue weighted by atomic mass is 10.2. The lowest BCUT2D eigenvalue weighted by Crippen LogP contribution is -2.50. The number of carbonyl (C=O) groups excluding carboxylic acids is 1. The molecule has 2 aliphatic rings. The van der Waals surface area contributed by atoms with E-state index >= 15 is 0 Å². The van der Waals surface area contributed by atoms with Crippen LogP contribution in [0.1, 0.15) is 27.2 Å². The van der Waals surface area contributed by atoms with E-state index in [1.807, 2.05) is 31.7 Å². The molecule has 0 aromatic carbocycles. The zero-order chi connectivity index (χ0) is 16.1. The van der Waals surface area contributed by atoms with Crippen LogP contribution in [-0.4, -0.2) is 46.8 Å². The summed E-state index contributed by atoms with van der Waals surface area (Å²) >= 11 is 9.66. The highest BCUT2D eigenvalue weighted by Crippen LogP contribution is 2.37. The Morgan fingerprint density at radius 3 is 2.68 bits per heavy atom. The van der Waals surface area contributed by atoms with Crippen LogP contribution >= 0.6 is 27.5 Å². The largest absolute Gasteiger partial charge is 0.444 e. The van der Waals surface area contributed by atoms with Gasteiger partial charge in [-0.15, -0.1) is 0 Å². The van der Waals surface area contributed by atoms with Gasteiger partial charge in [-0.3, -0.25) is 0 Å². The van der Waals surface area contributed by atoms with Gasteiger partial charge in [0.15, 0.2) is 0 Å². The molecular formula is C15H19BrClN3O2. The maximum Gasteiger partial charge on any atom is 0.410 e. The first-order valence-electron chi connectivity index (χ1n) is 7.32. The molecule has 3 rings (SSSR count). The summed E-state index contributed by atoms with van der Waals surface area (Å²) in [6.07, 6.45) is 2.46. The minimum atomic E-state index is -0.463. The molecule has 120 valence electrons. The van der Waals surface area contributed by atoms with E-state index in [1.165, 1.54) is 0 Å². The molecule has 1 amide bonds. The molecule has 2 aliphatic heterocycles. The molecule has 2 bridgehead atoms. The Morgan fingerprint density at radius 2 is 2.14 bits per heavy atom. The van der Waals surface area contributed by atoms with Crippen molar-refractivity contribution in [1.29, 1.82) is 0 Å². The molecule has 22 heavy (non-hydrogen) atoms. The van der Waals surface area contributed by atoms with Crippen LogP contribution in [0, 0.1) is 0 Å². The lowest BCUT2D eigenvalue weighted by Gasteiger charge is -2.36. The standard InChI is InChI=1S/C15H19BrClN3O2/c1-15(2,3)22-14(21)20-8-10-5-11(20)7-19(10)13-12(17)4-9(16)6-18-13/h4,6,10-11H,5,7-8H2,1-3H3/t10-,11-/m1/s1. The molecular weight excluding hydrogens is 370 g/mol. The molecule has 2 fully saturated rings. The Morgan fingerprint density at radius 1 is 1.41 bits per heavy atom. The van der Waals surface area contributed by atoms with Gasteiger partial charge in [0.05, 0.1) is 17.1 Å². The van der Waals surface area contributed by atoms with Gasteiger partial charge in [-0.2, -0.15) is 0 Å². The molecule has 0 N–H and O–H groups in total. The van der Waals surface area contributed by atoms with Crippen molar-refractivity contribution < 1.29 is 9.53 Å². The normalized spacial score (nSPS) is 24.0. The van der Waals surface area contributed by atoms with E-state index in [-0.39, 0.29) is 18.2 Å². The van der Waals surface area contributed by atoms with Crippen LogP contribution < -0.4 is 4.90 Å². The van der Waals surface area contributed by atoms with Crippen molar-refractivity contribution in [1.82, 2.24) is 9.88 Å². The number of fused-ring (bicyclic) bond motifs is 2. The molecule has 1 aromatic heterocycles. The molecule has 3 heterocycles. The number of likely N-dealkylation sites (tertiary alicyclic amines) is 1. The van der Waals surface area contributed by atoms with Crippen molar-refractivity contribution in [3.63, 3.8) is 0 Å². The molecule has 0 spiro atoms. The maximum atomic E-state index is 12.2. The second-order valence-electron chi connectivity index (χ2n) is 6.79.